The van der Waals surface area contributed by atoms with Crippen LogP contribution >= 0.6 is 0 Å². The van der Waals surface area contributed by atoms with Crippen molar-refractivity contribution in [2.24, 2.45) is 0 Å². The van der Waals surface area contributed by atoms with Crippen LogP contribution < -0.4 is 0 Å². The summed E-state index contributed by atoms with van der Waals surface area (Å²) >= 11 is 0. The standard InChI is InChI=1S/C49H34N2/c1-49(2)42-20-10-8-18-36(42)38-29-41-40-28-33(24-26-47(40)51(48(41)30-43(38)49)44-22-12-14-31-13-6-7-17-35(31)44)32-23-25-46-39(27-32)37-19-9-11-21-45(37)50(46)34-15-4-3-5-16-34/h3-30H,1-2H3. The zero-order chi connectivity index (χ0) is 33.8. The maximum Gasteiger partial charge on any atom is 0.0544 e. The van der Waals surface area contributed by atoms with E-state index in [-0.39, 0.29) is 5.41 Å². The molecule has 0 saturated heterocycles. The molecule has 10 aromatic rings. The molecule has 0 aliphatic heterocycles. The highest BCUT2D eigenvalue weighted by Gasteiger charge is 2.36. The molecule has 2 aromatic heterocycles. The smallest absolute Gasteiger partial charge is 0.0544 e. The number of para-hydroxylation sites is 2. The maximum atomic E-state index is 2.51. The third-order valence-corrected chi connectivity index (χ3v) is 11.5. The van der Waals surface area contributed by atoms with E-state index in [1.54, 1.807) is 0 Å². The van der Waals surface area contributed by atoms with Crippen molar-refractivity contribution in [3.05, 3.63) is 181 Å². The van der Waals surface area contributed by atoms with Crippen molar-refractivity contribution in [2.45, 2.75) is 19.3 Å². The highest BCUT2D eigenvalue weighted by molar-refractivity contribution is 6.15. The molecule has 0 saturated carbocycles. The van der Waals surface area contributed by atoms with Crippen LogP contribution in [0.1, 0.15) is 25.0 Å². The summed E-state index contributed by atoms with van der Waals surface area (Å²) in [5, 5.41) is 7.59. The fraction of sp³-hybridized carbons (Fsp3) is 0.0612. The molecule has 2 heterocycles. The van der Waals surface area contributed by atoms with Crippen LogP contribution in [0.15, 0.2) is 170 Å². The van der Waals surface area contributed by atoms with E-state index in [1.165, 1.54) is 99.1 Å². The Kier molecular flexibility index (Phi) is 5.76. The van der Waals surface area contributed by atoms with Crippen molar-refractivity contribution in [3.8, 4) is 33.6 Å². The zero-order valence-electron chi connectivity index (χ0n) is 28.6. The second kappa shape index (κ2) is 10.3. The number of nitrogens with zero attached hydrogens (tertiary/aromatic N) is 2. The van der Waals surface area contributed by atoms with Gasteiger partial charge in [-0.3, -0.25) is 0 Å². The summed E-state index contributed by atoms with van der Waals surface area (Å²) in [5.74, 6) is 0. The van der Waals surface area contributed by atoms with Gasteiger partial charge in [0, 0.05) is 38.0 Å². The summed E-state index contributed by atoms with van der Waals surface area (Å²) in [6, 6.07) is 62.9. The summed E-state index contributed by atoms with van der Waals surface area (Å²) in [6.07, 6.45) is 0. The fourth-order valence-electron chi connectivity index (χ4n) is 9.06. The van der Waals surface area contributed by atoms with Crippen molar-refractivity contribution in [3.63, 3.8) is 0 Å². The van der Waals surface area contributed by atoms with Crippen LogP contribution in [0.25, 0.3) is 88.0 Å². The number of hydrogen-bond donors (Lipinski definition) is 0. The Balaban J connectivity index is 1.19. The van der Waals surface area contributed by atoms with Crippen LogP contribution in [0.4, 0.5) is 0 Å². The first-order valence-corrected chi connectivity index (χ1v) is 17.9. The second-order valence-corrected chi connectivity index (χ2v) is 14.6. The van der Waals surface area contributed by atoms with Crippen LogP contribution in [-0.4, -0.2) is 9.13 Å². The van der Waals surface area contributed by atoms with Crippen molar-refractivity contribution in [1.29, 1.82) is 0 Å². The maximum absolute atomic E-state index is 2.51. The molecule has 51 heavy (non-hydrogen) atoms. The number of fused-ring (bicyclic) bond motifs is 10. The van der Waals surface area contributed by atoms with Crippen LogP contribution in [0, 0.1) is 0 Å². The minimum atomic E-state index is -0.0837. The molecule has 0 unspecified atom stereocenters. The Labute approximate surface area is 296 Å². The van der Waals surface area contributed by atoms with E-state index in [0.29, 0.717) is 0 Å². The third-order valence-electron chi connectivity index (χ3n) is 11.5. The SMILES string of the molecule is CC1(C)c2ccccc2-c2cc3c4cc(-c5ccc6c(c5)c5ccccc5n6-c5ccccc5)ccc4n(-c4cccc5ccccc45)c3cc21. The molecule has 0 fully saturated rings. The molecular formula is C49H34N2. The lowest BCUT2D eigenvalue weighted by atomic mass is 9.82. The number of rotatable bonds is 3. The number of hydrogen-bond acceptors (Lipinski definition) is 0. The molecule has 2 nitrogen and oxygen atoms in total. The van der Waals surface area contributed by atoms with Crippen molar-refractivity contribution < 1.29 is 0 Å². The topological polar surface area (TPSA) is 9.86 Å². The second-order valence-electron chi connectivity index (χ2n) is 14.6. The minimum absolute atomic E-state index is 0.0837. The van der Waals surface area contributed by atoms with Gasteiger partial charge in [-0.25, -0.2) is 0 Å². The van der Waals surface area contributed by atoms with Gasteiger partial charge in [0.2, 0.25) is 0 Å². The first kappa shape index (κ1) is 28.5. The highest BCUT2D eigenvalue weighted by Crippen LogP contribution is 2.51. The summed E-state index contributed by atoms with van der Waals surface area (Å²) in [7, 11) is 0. The molecule has 0 amide bonds. The molecule has 1 aliphatic carbocycles. The van der Waals surface area contributed by atoms with E-state index in [0.717, 1.165) is 0 Å². The predicted molar refractivity (Wildman–Crippen MR) is 216 cm³/mol. The minimum Gasteiger partial charge on any atom is -0.309 e. The Morgan fingerprint density at radius 1 is 0.373 bits per heavy atom. The largest absolute Gasteiger partial charge is 0.309 e. The molecule has 0 N–H and O–H groups in total. The number of aromatic nitrogens is 2. The summed E-state index contributed by atoms with van der Waals surface area (Å²) in [4.78, 5) is 0. The highest BCUT2D eigenvalue weighted by atomic mass is 15.0. The van der Waals surface area contributed by atoms with Gasteiger partial charge in [-0.05, 0) is 99.4 Å². The Morgan fingerprint density at radius 3 is 1.80 bits per heavy atom. The molecule has 8 aromatic carbocycles. The summed E-state index contributed by atoms with van der Waals surface area (Å²) in [6.45, 7) is 4.74. The molecule has 11 rings (SSSR count). The average molecular weight is 651 g/mol. The van der Waals surface area contributed by atoms with E-state index < -0.39 is 0 Å². The first-order chi connectivity index (χ1) is 25.1. The lowest BCUT2D eigenvalue weighted by Crippen LogP contribution is -2.14. The molecule has 0 spiro atoms. The Hall–Kier alpha value is -6.38. The van der Waals surface area contributed by atoms with Crippen LogP contribution in [0.2, 0.25) is 0 Å². The first-order valence-electron chi connectivity index (χ1n) is 17.9. The van der Waals surface area contributed by atoms with Gasteiger partial charge in [0.05, 0.1) is 27.8 Å². The van der Waals surface area contributed by atoms with E-state index in [2.05, 4.69) is 193 Å². The predicted octanol–water partition coefficient (Wildman–Crippen LogP) is 13.0. The van der Waals surface area contributed by atoms with Crippen LogP contribution in [0.5, 0.6) is 0 Å². The fourth-order valence-corrected chi connectivity index (χ4v) is 9.06. The van der Waals surface area contributed by atoms with Crippen molar-refractivity contribution >= 4 is 54.4 Å². The van der Waals surface area contributed by atoms with Gasteiger partial charge < -0.3 is 9.13 Å². The van der Waals surface area contributed by atoms with Crippen LogP contribution in [0.3, 0.4) is 0 Å². The zero-order valence-corrected chi connectivity index (χ0v) is 28.6. The lowest BCUT2D eigenvalue weighted by molar-refractivity contribution is 0.661. The van der Waals surface area contributed by atoms with Gasteiger partial charge >= 0.3 is 0 Å². The summed E-state index contributed by atoms with van der Waals surface area (Å²) in [5.41, 5.74) is 15.2. The van der Waals surface area contributed by atoms with E-state index in [4.69, 9.17) is 0 Å². The van der Waals surface area contributed by atoms with Gasteiger partial charge in [0.25, 0.3) is 0 Å². The molecule has 0 atom stereocenters. The number of benzene rings is 8. The Morgan fingerprint density at radius 2 is 0.980 bits per heavy atom. The molecule has 0 bridgehead atoms. The van der Waals surface area contributed by atoms with Gasteiger partial charge in [0.1, 0.15) is 0 Å². The van der Waals surface area contributed by atoms with Gasteiger partial charge in [-0.2, -0.15) is 0 Å². The van der Waals surface area contributed by atoms with Crippen molar-refractivity contribution in [2.75, 3.05) is 0 Å². The quantitative estimate of drug-likeness (QED) is 0.180. The molecule has 2 heteroatoms. The lowest BCUT2D eigenvalue weighted by Gasteiger charge is -2.21. The van der Waals surface area contributed by atoms with Gasteiger partial charge in [-0.1, -0.05) is 123 Å². The van der Waals surface area contributed by atoms with E-state index in [1.807, 2.05) is 0 Å². The molecular weight excluding hydrogens is 617 g/mol. The normalized spacial score (nSPS) is 13.5. The van der Waals surface area contributed by atoms with Gasteiger partial charge in [0.15, 0.2) is 0 Å². The summed E-state index contributed by atoms with van der Waals surface area (Å²) < 4.78 is 4.89. The van der Waals surface area contributed by atoms with Gasteiger partial charge in [-0.15, -0.1) is 0 Å². The van der Waals surface area contributed by atoms with Crippen molar-refractivity contribution in [1.82, 2.24) is 9.13 Å². The molecule has 240 valence electrons. The average Bonchev–Trinajstić information content (AvgIpc) is 3.76. The molecule has 0 radical (unpaired) electrons. The molecule has 1 aliphatic rings. The monoisotopic (exact) mass is 650 g/mol. The third kappa shape index (κ3) is 3.93. The van der Waals surface area contributed by atoms with E-state index in [9.17, 15) is 0 Å². The van der Waals surface area contributed by atoms with E-state index >= 15 is 0 Å². The Bertz CT molecular complexity index is 3040. The van der Waals surface area contributed by atoms with Crippen LogP contribution in [-0.2, 0) is 5.41 Å².